The van der Waals surface area contributed by atoms with Gasteiger partial charge in [0, 0.05) is 25.9 Å². The number of nitrogen functional groups attached to an aromatic ring is 1. The summed E-state index contributed by atoms with van der Waals surface area (Å²) in [6.45, 7) is 5.61. The van der Waals surface area contributed by atoms with Crippen LogP contribution in [0.4, 0.5) is 5.69 Å². The molecule has 7 heteroatoms. The zero-order valence-electron chi connectivity index (χ0n) is 15.6. The average Bonchev–Trinajstić information content (AvgIpc) is 2.63. The van der Waals surface area contributed by atoms with E-state index in [1.807, 2.05) is 6.92 Å². The summed E-state index contributed by atoms with van der Waals surface area (Å²) in [5, 5.41) is 0.478. The minimum atomic E-state index is -0.341. The van der Waals surface area contributed by atoms with Crippen LogP contribution in [0.5, 0.6) is 0 Å². The van der Waals surface area contributed by atoms with Gasteiger partial charge in [0.2, 0.25) is 0 Å². The third kappa shape index (κ3) is 3.68. The molecule has 0 unspecified atom stereocenters. The quantitative estimate of drug-likeness (QED) is 0.788. The van der Waals surface area contributed by atoms with Crippen LogP contribution in [0.1, 0.15) is 32.2 Å². The third-order valence-electron chi connectivity index (χ3n) is 5.13. The molecule has 0 radical (unpaired) electrons. The molecular formula is C19H28N4O3. The maximum atomic E-state index is 13.1. The first-order valence-electron chi connectivity index (χ1n) is 9.29. The Hall–Kier alpha value is -2.12. The van der Waals surface area contributed by atoms with Gasteiger partial charge < -0.3 is 15.4 Å². The number of ether oxygens (including phenoxy) is 1. The predicted octanol–water partition coefficient (Wildman–Crippen LogP) is 1.44. The minimum Gasteiger partial charge on any atom is -0.399 e. The van der Waals surface area contributed by atoms with Gasteiger partial charge >= 0.3 is 5.69 Å². The van der Waals surface area contributed by atoms with Crippen molar-refractivity contribution in [3.63, 3.8) is 0 Å². The second-order valence-corrected chi connectivity index (χ2v) is 7.09. The normalized spacial score (nSPS) is 16.8. The highest BCUT2D eigenvalue weighted by atomic mass is 16.5. The number of hydrogen-bond acceptors (Lipinski definition) is 5. The van der Waals surface area contributed by atoms with Crippen LogP contribution < -0.4 is 17.0 Å². The first-order chi connectivity index (χ1) is 12.5. The topological polar surface area (TPSA) is 82.5 Å². The van der Waals surface area contributed by atoms with E-state index in [9.17, 15) is 9.59 Å². The zero-order chi connectivity index (χ0) is 18.7. The van der Waals surface area contributed by atoms with Gasteiger partial charge in [-0.15, -0.1) is 0 Å². The van der Waals surface area contributed by atoms with Crippen LogP contribution >= 0.6 is 0 Å². The molecule has 0 aliphatic carbocycles. The van der Waals surface area contributed by atoms with Crippen molar-refractivity contribution >= 4 is 16.6 Å². The molecule has 1 fully saturated rings. The van der Waals surface area contributed by atoms with Crippen LogP contribution in [-0.4, -0.2) is 47.4 Å². The lowest BCUT2D eigenvalue weighted by Gasteiger charge is -2.27. The van der Waals surface area contributed by atoms with E-state index in [0.29, 0.717) is 29.7 Å². The Bertz CT molecular complexity index is 881. The molecule has 1 aromatic heterocycles. The fourth-order valence-electron chi connectivity index (χ4n) is 3.76. The number of rotatable bonds is 6. The number of fused-ring (bicyclic) bond motifs is 1. The number of nitrogens with two attached hydrogens (primary N) is 1. The Kier molecular flexibility index (Phi) is 5.78. The first-order valence-corrected chi connectivity index (χ1v) is 9.29. The van der Waals surface area contributed by atoms with Crippen LogP contribution in [0.2, 0.25) is 0 Å². The molecule has 1 aliphatic rings. The summed E-state index contributed by atoms with van der Waals surface area (Å²) < 4.78 is 8.16. The lowest BCUT2D eigenvalue weighted by atomic mass is 10.1. The Morgan fingerprint density at radius 3 is 2.58 bits per heavy atom. The Morgan fingerprint density at radius 2 is 1.88 bits per heavy atom. The molecule has 3 rings (SSSR count). The molecule has 1 saturated heterocycles. The SMILES string of the molecule is COC[C@@H](C)n1c(=O)c2cc(N)ccc2n(CCN2CCCCC2)c1=O. The summed E-state index contributed by atoms with van der Waals surface area (Å²) in [4.78, 5) is 28.4. The van der Waals surface area contributed by atoms with Crippen molar-refractivity contribution in [2.24, 2.45) is 0 Å². The number of likely N-dealkylation sites (tertiary alicyclic amines) is 1. The maximum Gasteiger partial charge on any atom is 0.331 e. The maximum absolute atomic E-state index is 13.1. The molecule has 2 N–H and O–H groups in total. The van der Waals surface area contributed by atoms with Crippen LogP contribution in [-0.2, 0) is 11.3 Å². The number of hydrogen-bond donors (Lipinski definition) is 1. The molecule has 2 aromatic rings. The average molecular weight is 360 g/mol. The van der Waals surface area contributed by atoms with Gasteiger partial charge in [-0.3, -0.25) is 13.9 Å². The third-order valence-corrected chi connectivity index (χ3v) is 5.13. The summed E-state index contributed by atoms with van der Waals surface area (Å²) in [6.07, 6.45) is 3.69. The molecule has 1 atom stereocenters. The molecular weight excluding hydrogens is 332 g/mol. The second-order valence-electron chi connectivity index (χ2n) is 7.09. The molecule has 142 valence electrons. The van der Waals surface area contributed by atoms with E-state index in [1.165, 1.54) is 23.8 Å². The molecule has 0 bridgehead atoms. The largest absolute Gasteiger partial charge is 0.399 e. The van der Waals surface area contributed by atoms with Crippen molar-refractivity contribution in [1.29, 1.82) is 0 Å². The molecule has 1 aromatic carbocycles. The standard InChI is InChI=1S/C19H28N4O3/c1-14(13-26-2)23-18(24)16-12-15(20)6-7-17(16)22(19(23)25)11-10-21-8-4-3-5-9-21/h6-7,12,14H,3-5,8-11,13,20H2,1-2H3/t14-/m1/s1. The van der Waals surface area contributed by atoms with E-state index in [2.05, 4.69) is 4.90 Å². The van der Waals surface area contributed by atoms with E-state index in [1.54, 1.807) is 29.9 Å². The van der Waals surface area contributed by atoms with Crippen LogP contribution in [0.15, 0.2) is 27.8 Å². The molecule has 0 amide bonds. The second kappa shape index (κ2) is 8.05. The molecule has 1 aliphatic heterocycles. The van der Waals surface area contributed by atoms with Crippen molar-refractivity contribution in [2.45, 2.75) is 38.8 Å². The Morgan fingerprint density at radius 1 is 1.15 bits per heavy atom. The fraction of sp³-hybridized carbons (Fsp3) is 0.579. The van der Waals surface area contributed by atoms with Gasteiger partial charge in [0.15, 0.2) is 0 Å². The van der Waals surface area contributed by atoms with Gasteiger partial charge in [0.05, 0.1) is 23.6 Å². The summed E-state index contributed by atoms with van der Waals surface area (Å²) >= 11 is 0. The number of nitrogens with zero attached hydrogens (tertiary/aromatic N) is 3. The van der Waals surface area contributed by atoms with Crippen LogP contribution in [0, 0.1) is 0 Å². The smallest absolute Gasteiger partial charge is 0.331 e. The van der Waals surface area contributed by atoms with Crippen LogP contribution in [0.3, 0.4) is 0 Å². The predicted molar refractivity (Wildman–Crippen MR) is 104 cm³/mol. The summed E-state index contributed by atoms with van der Waals surface area (Å²) in [5.74, 6) is 0. The highest BCUT2D eigenvalue weighted by Crippen LogP contribution is 2.15. The minimum absolute atomic E-state index is 0.283. The van der Waals surface area contributed by atoms with Gasteiger partial charge in [0.1, 0.15) is 0 Å². The van der Waals surface area contributed by atoms with Crippen molar-refractivity contribution in [1.82, 2.24) is 14.0 Å². The van der Waals surface area contributed by atoms with Crippen molar-refractivity contribution < 1.29 is 4.74 Å². The van der Waals surface area contributed by atoms with E-state index in [0.717, 1.165) is 19.6 Å². The molecule has 26 heavy (non-hydrogen) atoms. The van der Waals surface area contributed by atoms with Crippen molar-refractivity contribution in [3.05, 3.63) is 39.0 Å². The first kappa shape index (κ1) is 18.7. The lowest BCUT2D eigenvalue weighted by molar-refractivity contribution is 0.158. The van der Waals surface area contributed by atoms with Crippen LogP contribution in [0.25, 0.3) is 10.9 Å². The lowest BCUT2D eigenvalue weighted by Crippen LogP contribution is -2.44. The highest BCUT2D eigenvalue weighted by molar-refractivity contribution is 5.81. The van der Waals surface area contributed by atoms with E-state index < -0.39 is 0 Å². The van der Waals surface area contributed by atoms with Gasteiger partial charge in [-0.1, -0.05) is 6.42 Å². The van der Waals surface area contributed by atoms with Gasteiger partial charge in [0.25, 0.3) is 5.56 Å². The molecule has 0 saturated carbocycles. The number of methoxy groups -OCH3 is 1. The highest BCUT2D eigenvalue weighted by Gasteiger charge is 2.18. The van der Waals surface area contributed by atoms with Crippen molar-refractivity contribution in [3.8, 4) is 0 Å². The van der Waals surface area contributed by atoms with E-state index in [4.69, 9.17) is 10.5 Å². The number of anilines is 1. The van der Waals surface area contributed by atoms with Crippen molar-refractivity contribution in [2.75, 3.05) is 39.1 Å². The number of aromatic nitrogens is 2. The number of piperidine rings is 1. The Labute approximate surface area is 153 Å². The monoisotopic (exact) mass is 360 g/mol. The fourth-order valence-corrected chi connectivity index (χ4v) is 3.76. The molecule has 2 heterocycles. The van der Waals surface area contributed by atoms with Gasteiger partial charge in [-0.25, -0.2) is 4.79 Å². The summed E-state index contributed by atoms with van der Waals surface area (Å²) in [5.41, 5.74) is 6.46. The van der Waals surface area contributed by atoms with E-state index >= 15 is 0 Å². The summed E-state index contributed by atoms with van der Waals surface area (Å²) in [7, 11) is 1.56. The zero-order valence-corrected chi connectivity index (χ0v) is 15.6. The van der Waals surface area contributed by atoms with Gasteiger partial charge in [-0.05, 0) is 51.1 Å². The molecule has 0 spiro atoms. The van der Waals surface area contributed by atoms with E-state index in [-0.39, 0.29) is 17.3 Å². The molecule has 7 nitrogen and oxygen atoms in total. The Balaban J connectivity index is 2.07. The van der Waals surface area contributed by atoms with Gasteiger partial charge in [-0.2, -0.15) is 0 Å². The summed E-state index contributed by atoms with van der Waals surface area (Å²) in [6, 6.07) is 4.83. The number of benzene rings is 1.